The van der Waals surface area contributed by atoms with Gasteiger partial charge in [-0.1, -0.05) is 40.7 Å². The van der Waals surface area contributed by atoms with Crippen molar-refractivity contribution in [3.8, 4) is 5.75 Å². The van der Waals surface area contributed by atoms with Crippen LogP contribution in [0.1, 0.15) is 13.3 Å². The third kappa shape index (κ3) is 6.96. The van der Waals surface area contributed by atoms with E-state index in [0.717, 1.165) is 11.5 Å². The van der Waals surface area contributed by atoms with E-state index in [9.17, 15) is 0 Å². The Kier molecular flexibility index (Phi) is 8.57. The van der Waals surface area contributed by atoms with Crippen molar-refractivity contribution in [2.45, 2.75) is 18.2 Å². The van der Waals surface area contributed by atoms with Crippen LogP contribution in [0.5, 0.6) is 5.75 Å². The smallest absolute Gasteiger partial charge is 0.119 e. The Morgan fingerprint density at radius 2 is 2.24 bits per heavy atom. The summed E-state index contributed by atoms with van der Waals surface area (Å²) in [5.41, 5.74) is 0. The average Bonchev–Trinajstić information content (AvgIpc) is 2.38. The molecule has 94 valence electrons. The molecule has 0 fully saturated rings. The van der Waals surface area contributed by atoms with E-state index in [0.29, 0.717) is 0 Å². The minimum Gasteiger partial charge on any atom is -0.497 e. The first-order valence-corrected chi connectivity index (χ1v) is 8.93. The summed E-state index contributed by atoms with van der Waals surface area (Å²) in [5.74, 6) is 3.15. The lowest BCUT2D eigenvalue weighted by Crippen LogP contribution is -1.82. The van der Waals surface area contributed by atoms with Gasteiger partial charge in [-0.05, 0) is 30.0 Å². The highest BCUT2D eigenvalue weighted by Crippen LogP contribution is 2.25. The highest BCUT2D eigenvalue weighted by atomic mass is 33.1. The summed E-state index contributed by atoms with van der Waals surface area (Å²) in [5, 5.41) is 2.17. The van der Waals surface area contributed by atoms with Crippen molar-refractivity contribution in [2.75, 3.05) is 18.6 Å². The van der Waals surface area contributed by atoms with E-state index in [1.165, 1.54) is 17.1 Å². The van der Waals surface area contributed by atoms with Crippen LogP contribution >= 0.6 is 33.3 Å². The molecule has 0 atom stereocenters. The van der Waals surface area contributed by atoms with E-state index in [-0.39, 0.29) is 0 Å². The second kappa shape index (κ2) is 9.80. The lowest BCUT2D eigenvalue weighted by molar-refractivity contribution is 0.413. The zero-order chi connectivity index (χ0) is 12.3. The Labute approximate surface area is 116 Å². The van der Waals surface area contributed by atoms with Crippen LogP contribution in [0, 0.1) is 0 Å². The Hall–Kier alpha value is -0.190. The van der Waals surface area contributed by atoms with Crippen LogP contribution < -0.4 is 4.74 Å². The maximum Gasteiger partial charge on any atom is 0.119 e. The van der Waals surface area contributed by atoms with E-state index in [1.807, 2.05) is 45.5 Å². The summed E-state index contributed by atoms with van der Waals surface area (Å²) in [6.07, 6.45) is 3.45. The van der Waals surface area contributed by atoms with Crippen molar-refractivity contribution < 1.29 is 4.74 Å². The number of benzene rings is 1. The lowest BCUT2D eigenvalue weighted by atomic mass is 10.3. The minimum absolute atomic E-state index is 0.923. The van der Waals surface area contributed by atoms with Crippen molar-refractivity contribution in [2.24, 2.45) is 0 Å². The van der Waals surface area contributed by atoms with Crippen molar-refractivity contribution in [3.05, 3.63) is 35.7 Å². The molecule has 4 heteroatoms. The number of hydrogen-bond donors (Lipinski definition) is 0. The standard InChI is InChI=1S/C13H18OS3/c1-3-8-16-17-10-5-9-15-13-7-4-6-12(11-13)14-2/h4-7,10-11H,3,8-9H2,1-2H3/b10-5+. The lowest BCUT2D eigenvalue weighted by Gasteiger charge is -2.02. The first kappa shape index (κ1) is 14.9. The molecule has 0 bridgehead atoms. The van der Waals surface area contributed by atoms with E-state index in [1.54, 1.807) is 7.11 Å². The molecule has 0 saturated carbocycles. The van der Waals surface area contributed by atoms with Crippen LogP contribution in [0.2, 0.25) is 0 Å². The monoisotopic (exact) mass is 286 g/mol. The minimum atomic E-state index is 0.923. The predicted molar refractivity (Wildman–Crippen MR) is 83.2 cm³/mol. The fourth-order valence-electron chi connectivity index (χ4n) is 1.08. The molecule has 0 amide bonds. The molecule has 1 aromatic rings. The van der Waals surface area contributed by atoms with Gasteiger partial charge in [0.1, 0.15) is 5.75 Å². The summed E-state index contributed by atoms with van der Waals surface area (Å²) in [4.78, 5) is 1.25. The molecule has 0 aliphatic carbocycles. The van der Waals surface area contributed by atoms with Gasteiger partial charge in [-0.3, -0.25) is 0 Å². The quantitative estimate of drug-likeness (QED) is 0.373. The predicted octanol–water partition coefficient (Wildman–Crippen LogP) is 5.09. The Bertz CT molecular complexity index is 339. The molecule has 0 N–H and O–H groups in total. The van der Waals surface area contributed by atoms with E-state index >= 15 is 0 Å². The summed E-state index contributed by atoms with van der Waals surface area (Å²) < 4.78 is 5.19. The van der Waals surface area contributed by atoms with Crippen LogP contribution in [-0.4, -0.2) is 18.6 Å². The summed E-state index contributed by atoms with van der Waals surface area (Å²) in [6.45, 7) is 2.20. The molecule has 17 heavy (non-hydrogen) atoms. The van der Waals surface area contributed by atoms with Gasteiger partial charge in [-0.15, -0.1) is 11.8 Å². The van der Waals surface area contributed by atoms with Crippen molar-refractivity contribution in [3.63, 3.8) is 0 Å². The maximum atomic E-state index is 5.19. The van der Waals surface area contributed by atoms with Gasteiger partial charge in [0.15, 0.2) is 0 Å². The van der Waals surface area contributed by atoms with Crippen molar-refractivity contribution >= 4 is 33.3 Å². The van der Waals surface area contributed by atoms with E-state index in [4.69, 9.17) is 4.74 Å². The molecular formula is C13H18OS3. The summed E-state index contributed by atoms with van der Waals surface area (Å²) in [7, 11) is 5.42. The van der Waals surface area contributed by atoms with Crippen LogP contribution in [0.3, 0.4) is 0 Å². The molecule has 1 aromatic carbocycles. The number of ether oxygens (including phenoxy) is 1. The average molecular weight is 286 g/mol. The molecule has 0 aliphatic rings. The fourth-order valence-corrected chi connectivity index (χ4v) is 3.74. The molecule has 0 spiro atoms. The Balaban J connectivity index is 2.21. The van der Waals surface area contributed by atoms with Crippen LogP contribution in [0.25, 0.3) is 0 Å². The molecule has 0 radical (unpaired) electrons. The highest BCUT2D eigenvalue weighted by molar-refractivity contribution is 8.77. The third-order valence-electron chi connectivity index (χ3n) is 1.89. The van der Waals surface area contributed by atoms with Crippen LogP contribution in [0.4, 0.5) is 0 Å². The molecule has 1 nitrogen and oxygen atoms in total. The number of methoxy groups -OCH3 is 1. The first-order chi connectivity index (χ1) is 8.36. The molecule has 0 aromatic heterocycles. The summed E-state index contributed by atoms with van der Waals surface area (Å²) in [6, 6.07) is 8.17. The zero-order valence-electron chi connectivity index (χ0n) is 10.2. The number of thioether (sulfide) groups is 1. The number of hydrogen-bond acceptors (Lipinski definition) is 4. The first-order valence-electron chi connectivity index (χ1n) is 5.57. The number of rotatable bonds is 8. The van der Waals surface area contributed by atoms with Gasteiger partial charge < -0.3 is 4.74 Å². The van der Waals surface area contributed by atoms with Crippen LogP contribution in [-0.2, 0) is 0 Å². The molecule has 0 unspecified atom stereocenters. The van der Waals surface area contributed by atoms with Gasteiger partial charge in [0, 0.05) is 16.4 Å². The molecule has 1 rings (SSSR count). The normalized spacial score (nSPS) is 10.9. The van der Waals surface area contributed by atoms with Crippen molar-refractivity contribution in [1.82, 2.24) is 0 Å². The van der Waals surface area contributed by atoms with Gasteiger partial charge in [-0.25, -0.2) is 0 Å². The third-order valence-corrected chi connectivity index (χ3v) is 5.10. The van der Waals surface area contributed by atoms with E-state index < -0.39 is 0 Å². The molecule has 0 aliphatic heterocycles. The second-order valence-corrected chi connectivity index (χ2v) is 6.77. The van der Waals surface area contributed by atoms with Crippen molar-refractivity contribution in [1.29, 1.82) is 0 Å². The van der Waals surface area contributed by atoms with Gasteiger partial charge in [0.2, 0.25) is 0 Å². The van der Waals surface area contributed by atoms with Gasteiger partial charge in [0.05, 0.1) is 7.11 Å². The molecular weight excluding hydrogens is 268 g/mol. The fraction of sp³-hybridized carbons (Fsp3) is 0.385. The SMILES string of the molecule is CCCSS/C=C/CSc1cccc(OC)c1. The van der Waals surface area contributed by atoms with Gasteiger partial charge in [0.25, 0.3) is 0 Å². The zero-order valence-corrected chi connectivity index (χ0v) is 12.7. The highest BCUT2D eigenvalue weighted by Gasteiger charge is 1.94. The maximum absolute atomic E-state index is 5.19. The molecule has 0 heterocycles. The van der Waals surface area contributed by atoms with E-state index in [2.05, 4.69) is 30.5 Å². The largest absolute Gasteiger partial charge is 0.497 e. The topological polar surface area (TPSA) is 9.23 Å². The summed E-state index contributed by atoms with van der Waals surface area (Å²) >= 11 is 1.82. The Morgan fingerprint density at radius 3 is 3.00 bits per heavy atom. The Morgan fingerprint density at radius 1 is 1.35 bits per heavy atom. The molecule has 0 saturated heterocycles. The second-order valence-electron chi connectivity index (χ2n) is 3.28. The van der Waals surface area contributed by atoms with Gasteiger partial charge >= 0.3 is 0 Å². The van der Waals surface area contributed by atoms with Gasteiger partial charge in [-0.2, -0.15) is 0 Å². The van der Waals surface area contributed by atoms with Crippen LogP contribution in [0.15, 0.2) is 40.6 Å².